The largest absolute Gasteiger partial charge is 0.352 e. The number of para-hydroxylation sites is 1. The quantitative estimate of drug-likeness (QED) is 0.552. The zero-order valence-corrected chi connectivity index (χ0v) is 15.8. The molecular weight excluding hydrogens is 362 g/mol. The van der Waals surface area contributed by atoms with E-state index in [1.165, 1.54) is 15.9 Å². The Labute approximate surface area is 159 Å². The van der Waals surface area contributed by atoms with E-state index in [1.807, 2.05) is 43.5 Å². The van der Waals surface area contributed by atoms with Crippen LogP contribution >= 0.6 is 11.3 Å². The Bertz CT molecular complexity index is 1120. The summed E-state index contributed by atoms with van der Waals surface area (Å²) < 4.78 is 3.06. The van der Waals surface area contributed by atoms with Crippen LogP contribution in [0.15, 0.2) is 47.4 Å². The third-order valence-corrected chi connectivity index (χ3v) is 4.96. The molecule has 9 heteroatoms. The first-order valence-corrected chi connectivity index (χ1v) is 9.59. The van der Waals surface area contributed by atoms with Crippen LogP contribution in [0.3, 0.4) is 0 Å². The molecule has 0 fully saturated rings. The number of hydrogen-bond donors (Lipinski definition) is 1. The van der Waals surface area contributed by atoms with Crippen molar-refractivity contribution in [2.45, 2.75) is 32.7 Å². The van der Waals surface area contributed by atoms with Gasteiger partial charge in [-0.3, -0.25) is 4.79 Å². The second kappa shape index (κ2) is 7.28. The molecule has 138 valence electrons. The monoisotopic (exact) mass is 381 g/mol. The maximum absolute atomic E-state index is 12.2. The Morgan fingerprint density at radius 1 is 1.26 bits per heavy atom. The van der Waals surface area contributed by atoms with Gasteiger partial charge in [0.15, 0.2) is 0 Å². The van der Waals surface area contributed by atoms with Crippen molar-refractivity contribution in [1.82, 2.24) is 29.6 Å². The first kappa shape index (κ1) is 17.3. The van der Waals surface area contributed by atoms with E-state index in [-0.39, 0.29) is 11.6 Å². The smallest absolute Gasteiger partial charge is 0.275 e. The molecule has 1 N–H and O–H groups in total. The molecular formula is C18H19N7OS. The minimum atomic E-state index is -0.157. The summed E-state index contributed by atoms with van der Waals surface area (Å²) in [5.74, 6) is 0. The number of nitrogens with zero attached hydrogens (tertiary/aromatic N) is 6. The number of aryl methyl sites for hydroxylation is 1. The van der Waals surface area contributed by atoms with Crippen molar-refractivity contribution in [3.8, 4) is 5.69 Å². The Morgan fingerprint density at radius 2 is 2.07 bits per heavy atom. The first-order chi connectivity index (χ1) is 13.1. The summed E-state index contributed by atoms with van der Waals surface area (Å²) in [4.78, 5) is 17.3. The van der Waals surface area contributed by atoms with E-state index in [0.29, 0.717) is 10.1 Å². The van der Waals surface area contributed by atoms with Gasteiger partial charge in [-0.15, -0.1) is 10.2 Å². The van der Waals surface area contributed by atoms with E-state index in [4.69, 9.17) is 0 Å². The van der Waals surface area contributed by atoms with Gasteiger partial charge < -0.3 is 5.32 Å². The number of fused-ring (bicyclic) bond motifs is 1. The van der Waals surface area contributed by atoms with Crippen LogP contribution in [0.1, 0.15) is 37.7 Å². The standard InChI is InChI=1S/C18H19N7OS/c1-3-7-13-10-16(26)25-18(20-13)27-17(22-25)19-12(2)15-11-24(23-21-15)14-8-5-4-6-9-14/h4-6,8-12H,3,7H2,1-2H3,(H,19,22). The minimum Gasteiger partial charge on any atom is -0.352 e. The van der Waals surface area contributed by atoms with Crippen LogP contribution in [0.25, 0.3) is 10.6 Å². The average molecular weight is 381 g/mol. The molecule has 0 aliphatic rings. The molecule has 3 aromatic heterocycles. The third kappa shape index (κ3) is 3.59. The van der Waals surface area contributed by atoms with Gasteiger partial charge >= 0.3 is 0 Å². The molecule has 4 rings (SSSR count). The summed E-state index contributed by atoms with van der Waals surface area (Å²) in [6.45, 7) is 4.04. The fourth-order valence-electron chi connectivity index (χ4n) is 2.74. The van der Waals surface area contributed by atoms with Crippen LogP contribution in [-0.2, 0) is 6.42 Å². The van der Waals surface area contributed by atoms with Gasteiger partial charge in [-0.1, -0.05) is 48.1 Å². The second-order valence-electron chi connectivity index (χ2n) is 6.23. The number of hydrogen-bond acceptors (Lipinski definition) is 7. The SMILES string of the molecule is CCCc1cc(=O)n2nc(NC(C)c3cn(-c4ccccc4)nn3)sc2n1. The molecule has 3 heterocycles. The van der Waals surface area contributed by atoms with E-state index in [2.05, 4.69) is 32.6 Å². The molecule has 0 amide bonds. The minimum absolute atomic E-state index is 0.117. The Kier molecular flexibility index (Phi) is 4.68. The van der Waals surface area contributed by atoms with Gasteiger partial charge in [0, 0.05) is 11.8 Å². The highest BCUT2D eigenvalue weighted by Gasteiger charge is 2.15. The zero-order valence-electron chi connectivity index (χ0n) is 15.0. The molecule has 8 nitrogen and oxygen atoms in total. The number of anilines is 1. The molecule has 0 spiro atoms. The fourth-order valence-corrected chi connectivity index (χ4v) is 3.65. The van der Waals surface area contributed by atoms with Crippen LogP contribution in [0.5, 0.6) is 0 Å². The van der Waals surface area contributed by atoms with Crippen molar-refractivity contribution < 1.29 is 0 Å². The van der Waals surface area contributed by atoms with Gasteiger partial charge in [0.2, 0.25) is 10.1 Å². The number of rotatable bonds is 6. The zero-order chi connectivity index (χ0) is 18.8. The topological polar surface area (TPSA) is 90.0 Å². The maximum atomic E-state index is 12.2. The van der Waals surface area contributed by atoms with Crippen molar-refractivity contribution in [3.05, 3.63) is 64.3 Å². The van der Waals surface area contributed by atoms with Crippen molar-refractivity contribution >= 4 is 21.4 Å². The van der Waals surface area contributed by atoms with Gasteiger partial charge in [-0.2, -0.15) is 4.52 Å². The predicted molar refractivity (Wildman–Crippen MR) is 105 cm³/mol. The van der Waals surface area contributed by atoms with Gasteiger partial charge in [0.05, 0.1) is 17.9 Å². The van der Waals surface area contributed by atoms with Crippen molar-refractivity contribution in [3.63, 3.8) is 0 Å². The van der Waals surface area contributed by atoms with Crippen LogP contribution in [0, 0.1) is 0 Å². The summed E-state index contributed by atoms with van der Waals surface area (Å²) in [7, 11) is 0. The van der Waals surface area contributed by atoms with E-state index in [1.54, 1.807) is 10.7 Å². The van der Waals surface area contributed by atoms with Gasteiger partial charge in [-0.25, -0.2) is 9.67 Å². The lowest BCUT2D eigenvalue weighted by Gasteiger charge is -2.08. The highest BCUT2D eigenvalue weighted by molar-refractivity contribution is 7.20. The lowest BCUT2D eigenvalue weighted by atomic mass is 10.2. The highest BCUT2D eigenvalue weighted by Crippen LogP contribution is 2.22. The number of nitrogens with one attached hydrogen (secondary N) is 1. The lowest BCUT2D eigenvalue weighted by Crippen LogP contribution is -2.16. The molecule has 1 aromatic carbocycles. The maximum Gasteiger partial charge on any atom is 0.275 e. The number of benzene rings is 1. The second-order valence-corrected chi connectivity index (χ2v) is 7.18. The fraction of sp³-hybridized carbons (Fsp3) is 0.278. The summed E-state index contributed by atoms with van der Waals surface area (Å²) in [6.07, 6.45) is 3.61. The van der Waals surface area contributed by atoms with Crippen LogP contribution in [0.2, 0.25) is 0 Å². The Hall–Kier alpha value is -3.07. The summed E-state index contributed by atoms with van der Waals surface area (Å²) in [5.41, 5.74) is 2.37. The van der Waals surface area contributed by atoms with Crippen LogP contribution in [-0.4, -0.2) is 29.6 Å². The molecule has 0 bridgehead atoms. The molecule has 1 atom stereocenters. The van der Waals surface area contributed by atoms with Crippen molar-refractivity contribution in [1.29, 1.82) is 0 Å². The average Bonchev–Trinajstić information content (AvgIpc) is 3.30. The molecule has 27 heavy (non-hydrogen) atoms. The Balaban J connectivity index is 1.56. The van der Waals surface area contributed by atoms with Crippen LogP contribution in [0.4, 0.5) is 5.13 Å². The third-order valence-electron chi connectivity index (χ3n) is 4.12. The van der Waals surface area contributed by atoms with Crippen molar-refractivity contribution in [2.24, 2.45) is 0 Å². The van der Waals surface area contributed by atoms with Gasteiger partial charge in [0.25, 0.3) is 5.56 Å². The van der Waals surface area contributed by atoms with Crippen molar-refractivity contribution in [2.75, 3.05) is 5.32 Å². The van der Waals surface area contributed by atoms with E-state index in [9.17, 15) is 4.79 Å². The summed E-state index contributed by atoms with van der Waals surface area (Å²) in [5, 5.41) is 16.7. The first-order valence-electron chi connectivity index (χ1n) is 8.78. The molecule has 0 saturated heterocycles. The normalized spacial score (nSPS) is 12.4. The Morgan fingerprint density at radius 3 is 2.85 bits per heavy atom. The highest BCUT2D eigenvalue weighted by atomic mass is 32.1. The molecule has 1 unspecified atom stereocenters. The van der Waals surface area contributed by atoms with E-state index >= 15 is 0 Å². The molecule has 0 radical (unpaired) electrons. The van der Waals surface area contributed by atoms with Gasteiger partial charge in [-0.05, 0) is 25.5 Å². The molecule has 4 aromatic rings. The predicted octanol–water partition coefficient (Wildman–Crippen LogP) is 2.86. The molecule has 0 aliphatic carbocycles. The van der Waals surface area contributed by atoms with Crippen LogP contribution < -0.4 is 10.9 Å². The van der Waals surface area contributed by atoms with E-state index < -0.39 is 0 Å². The lowest BCUT2D eigenvalue weighted by molar-refractivity contribution is 0.777. The summed E-state index contributed by atoms with van der Waals surface area (Å²) >= 11 is 1.35. The van der Waals surface area contributed by atoms with Gasteiger partial charge in [0.1, 0.15) is 5.69 Å². The molecule has 0 aliphatic heterocycles. The molecule has 0 saturated carbocycles. The number of aromatic nitrogens is 6. The van der Waals surface area contributed by atoms with E-state index in [0.717, 1.165) is 29.9 Å². The summed E-state index contributed by atoms with van der Waals surface area (Å²) in [6, 6.07) is 11.2.